The molecule has 1 aliphatic heterocycles. The fourth-order valence-electron chi connectivity index (χ4n) is 3.18. The Morgan fingerprint density at radius 1 is 1.37 bits per heavy atom. The highest BCUT2D eigenvalue weighted by molar-refractivity contribution is 5.93. The van der Waals surface area contributed by atoms with Crippen molar-refractivity contribution in [3.05, 3.63) is 58.4 Å². The molecule has 0 radical (unpaired) electrons. The van der Waals surface area contributed by atoms with Crippen molar-refractivity contribution in [1.29, 1.82) is 0 Å². The number of amides is 1. The predicted molar refractivity (Wildman–Crippen MR) is 93.2 cm³/mol. The first-order valence-corrected chi connectivity index (χ1v) is 8.46. The van der Waals surface area contributed by atoms with E-state index >= 15 is 0 Å². The lowest BCUT2D eigenvalue weighted by Gasteiger charge is -2.40. The van der Waals surface area contributed by atoms with Crippen molar-refractivity contribution in [1.82, 2.24) is 14.9 Å². The summed E-state index contributed by atoms with van der Waals surface area (Å²) >= 11 is 0. The summed E-state index contributed by atoms with van der Waals surface area (Å²) in [5.74, 6) is -4.40. The number of carbonyl (C=O) groups is 1. The lowest BCUT2D eigenvalue weighted by molar-refractivity contribution is -0.126. The van der Waals surface area contributed by atoms with Crippen LogP contribution in [0.25, 0.3) is 0 Å². The highest BCUT2D eigenvalue weighted by Gasteiger charge is 2.43. The normalized spacial score (nSPS) is 20.8. The minimum Gasteiger partial charge on any atom is -0.329 e. The average Bonchev–Trinajstić information content (AvgIpc) is 2.62. The predicted octanol–water partition coefficient (Wildman–Crippen LogP) is 2.36. The van der Waals surface area contributed by atoms with Crippen molar-refractivity contribution >= 4 is 11.7 Å². The Morgan fingerprint density at radius 2 is 2.15 bits per heavy atom. The number of aromatic nitrogens is 2. The number of anilines is 1. The van der Waals surface area contributed by atoms with Crippen LogP contribution in [-0.2, 0) is 4.79 Å². The summed E-state index contributed by atoms with van der Waals surface area (Å²) in [6.07, 6.45) is 2.03. The van der Waals surface area contributed by atoms with E-state index in [0.29, 0.717) is 5.56 Å². The summed E-state index contributed by atoms with van der Waals surface area (Å²) in [5.41, 5.74) is 0.282. The van der Waals surface area contributed by atoms with Gasteiger partial charge in [0.15, 0.2) is 0 Å². The number of hydrogen-bond acceptors (Lipinski definition) is 4. The van der Waals surface area contributed by atoms with Gasteiger partial charge in [0.1, 0.15) is 11.6 Å². The molecule has 0 unspecified atom stereocenters. The second kappa shape index (κ2) is 7.51. The van der Waals surface area contributed by atoms with E-state index in [1.54, 1.807) is 0 Å². The summed E-state index contributed by atoms with van der Waals surface area (Å²) in [6.45, 7) is 1.23. The van der Waals surface area contributed by atoms with Gasteiger partial charge in [-0.05, 0) is 24.6 Å². The summed E-state index contributed by atoms with van der Waals surface area (Å²) in [7, 11) is 0. The van der Waals surface area contributed by atoms with Gasteiger partial charge in [0.2, 0.25) is 11.5 Å². The number of nitrogens with one attached hydrogen (secondary N) is 2. The molecule has 2 atom stereocenters. The van der Waals surface area contributed by atoms with Crippen molar-refractivity contribution in [3.8, 4) is 0 Å². The lowest BCUT2D eigenvalue weighted by Crippen LogP contribution is -2.53. The molecular formula is C18H19F3N4O2. The first kappa shape index (κ1) is 19.1. The van der Waals surface area contributed by atoms with Crippen molar-refractivity contribution in [3.63, 3.8) is 0 Å². The SMILES string of the molecule is C[C@@H](C(=O)Nc1ccc(F)cn1)N1C[C@H](c2ccc(=O)[nH]c2)CC(F)(F)C1. The molecule has 2 N–H and O–H groups in total. The number of H-pyrrole nitrogens is 1. The number of pyridine rings is 2. The number of hydrogen-bond donors (Lipinski definition) is 2. The van der Waals surface area contributed by atoms with Gasteiger partial charge in [-0.3, -0.25) is 14.5 Å². The van der Waals surface area contributed by atoms with Gasteiger partial charge in [-0.15, -0.1) is 0 Å². The van der Waals surface area contributed by atoms with Crippen LogP contribution in [0.4, 0.5) is 19.0 Å². The Balaban J connectivity index is 1.73. The monoisotopic (exact) mass is 380 g/mol. The maximum atomic E-state index is 14.3. The van der Waals surface area contributed by atoms with Gasteiger partial charge < -0.3 is 10.3 Å². The van der Waals surface area contributed by atoms with Gasteiger partial charge in [0.25, 0.3) is 5.92 Å². The first-order valence-electron chi connectivity index (χ1n) is 8.46. The topological polar surface area (TPSA) is 78.1 Å². The van der Waals surface area contributed by atoms with E-state index in [9.17, 15) is 22.8 Å². The quantitative estimate of drug-likeness (QED) is 0.854. The Kier molecular flexibility index (Phi) is 5.31. The summed E-state index contributed by atoms with van der Waals surface area (Å²) < 4.78 is 41.4. The maximum absolute atomic E-state index is 14.3. The van der Waals surface area contributed by atoms with Crippen LogP contribution in [-0.4, -0.2) is 45.8 Å². The number of alkyl halides is 2. The number of halogens is 3. The molecular weight excluding hydrogens is 361 g/mol. The number of rotatable bonds is 4. The maximum Gasteiger partial charge on any atom is 0.261 e. The minimum absolute atomic E-state index is 0.147. The Labute approximate surface area is 153 Å². The van der Waals surface area contributed by atoms with Gasteiger partial charge in [0, 0.05) is 31.1 Å². The molecule has 0 bridgehead atoms. The zero-order chi connectivity index (χ0) is 19.6. The largest absolute Gasteiger partial charge is 0.329 e. The molecule has 27 heavy (non-hydrogen) atoms. The number of aromatic amines is 1. The third kappa shape index (κ3) is 4.73. The fraction of sp³-hybridized carbons (Fsp3) is 0.389. The molecule has 0 aliphatic carbocycles. The molecule has 0 saturated carbocycles. The third-order valence-electron chi connectivity index (χ3n) is 4.62. The van der Waals surface area contributed by atoms with Crippen molar-refractivity contribution < 1.29 is 18.0 Å². The van der Waals surface area contributed by atoms with Crippen LogP contribution in [0, 0.1) is 5.82 Å². The molecule has 6 nitrogen and oxygen atoms in total. The van der Waals surface area contributed by atoms with E-state index in [2.05, 4.69) is 15.3 Å². The minimum atomic E-state index is -2.97. The Hall–Kier alpha value is -2.68. The summed E-state index contributed by atoms with van der Waals surface area (Å²) in [6, 6.07) is 4.43. The molecule has 2 aromatic rings. The van der Waals surface area contributed by atoms with Crippen LogP contribution >= 0.6 is 0 Å². The second-order valence-electron chi connectivity index (χ2n) is 6.70. The van der Waals surface area contributed by atoms with Gasteiger partial charge in [0.05, 0.1) is 18.8 Å². The highest BCUT2D eigenvalue weighted by atomic mass is 19.3. The molecule has 2 aromatic heterocycles. The van der Waals surface area contributed by atoms with Crippen LogP contribution < -0.4 is 10.9 Å². The molecule has 1 fully saturated rings. The van der Waals surface area contributed by atoms with E-state index in [1.807, 2.05) is 0 Å². The van der Waals surface area contributed by atoms with Crippen molar-refractivity contribution in [2.24, 2.45) is 0 Å². The van der Waals surface area contributed by atoms with Crippen molar-refractivity contribution in [2.75, 3.05) is 18.4 Å². The van der Waals surface area contributed by atoms with Gasteiger partial charge >= 0.3 is 0 Å². The van der Waals surface area contributed by atoms with E-state index in [4.69, 9.17) is 0 Å². The average molecular weight is 380 g/mol. The Morgan fingerprint density at radius 3 is 2.78 bits per heavy atom. The molecule has 1 amide bonds. The standard InChI is InChI=1S/C18H19F3N4O2/c1-11(17(27)24-15-4-3-14(19)8-22-15)25-9-13(6-18(20,21)10-25)12-2-5-16(26)23-7-12/h2-5,7-8,11,13H,6,9-10H2,1H3,(H,23,26)(H,22,24,27)/t11-,13+/m0/s1. The smallest absolute Gasteiger partial charge is 0.261 e. The fourth-order valence-corrected chi connectivity index (χ4v) is 3.18. The molecule has 1 aliphatic rings. The first-order chi connectivity index (χ1) is 12.7. The molecule has 3 rings (SSSR count). The molecule has 144 valence electrons. The van der Waals surface area contributed by atoms with Crippen LogP contribution in [0.5, 0.6) is 0 Å². The summed E-state index contributed by atoms with van der Waals surface area (Å²) in [4.78, 5) is 31.2. The van der Waals surface area contributed by atoms with Crippen LogP contribution in [0.3, 0.4) is 0 Å². The van der Waals surface area contributed by atoms with Crippen LogP contribution in [0.15, 0.2) is 41.5 Å². The third-order valence-corrected chi connectivity index (χ3v) is 4.62. The van der Waals surface area contributed by atoms with E-state index in [1.165, 1.54) is 36.2 Å². The highest BCUT2D eigenvalue weighted by Crippen LogP contribution is 2.36. The van der Waals surface area contributed by atoms with E-state index in [-0.39, 0.29) is 24.3 Å². The molecule has 0 aromatic carbocycles. The van der Waals surface area contributed by atoms with Gasteiger partial charge in [-0.2, -0.15) is 0 Å². The van der Waals surface area contributed by atoms with E-state index in [0.717, 1.165) is 12.3 Å². The molecule has 3 heterocycles. The number of likely N-dealkylation sites (tertiary alicyclic amines) is 1. The lowest BCUT2D eigenvalue weighted by atomic mass is 9.89. The molecule has 0 spiro atoms. The second-order valence-corrected chi connectivity index (χ2v) is 6.70. The Bertz CT molecular complexity index is 849. The van der Waals surface area contributed by atoms with Gasteiger partial charge in [-0.25, -0.2) is 18.2 Å². The molecule has 1 saturated heterocycles. The summed E-state index contributed by atoms with van der Waals surface area (Å²) in [5, 5.41) is 2.50. The van der Waals surface area contributed by atoms with Crippen molar-refractivity contribution in [2.45, 2.75) is 31.2 Å². The molecule has 9 heteroatoms. The number of nitrogens with zero attached hydrogens (tertiary/aromatic N) is 2. The number of carbonyl (C=O) groups excluding carboxylic acids is 1. The van der Waals surface area contributed by atoms with Gasteiger partial charge in [-0.1, -0.05) is 6.07 Å². The van der Waals surface area contributed by atoms with E-state index < -0.39 is 36.2 Å². The van der Waals surface area contributed by atoms with Crippen LogP contribution in [0.2, 0.25) is 0 Å². The number of piperidine rings is 1. The zero-order valence-corrected chi connectivity index (χ0v) is 14.6. The van der Waals surface area contributed by atoms with Crippen LogP contribution in [0.1, 0.15) is 24.8 Å². The zero-order valence-electron chi connectivity index (χ0n) is 14.6.